The van der Waals surface area contributed by atoms with Crippen molar-refractivity contribution < 1.29 is 13.6 Å². The first-order valence-corrected chi connectivity index (χ1v) is 8.77. The second-order valence-corrected chi connectivity index (χ2v) is 6.70. The van der Waals surface area contributed by atoms with Gasteiger partial charge in [-0.25, -0.2) is 4.79 Å². The van der Waals surface area contributed by atoms with Gasteiger partial charge in [-0.15, -0.1) is 0 Å². The minimum atomic E-state index is -0.488. The maximum absolute atomic E-state index is 12.4. The van der Waals surface area contributed by atoms with Crippen molar-refractivity contribution in [1.82, 2.24) is 5.32 Å². The average molecular weight is 361 g/mol. The number of carbonyl (C=O) groups excluding carboxylic acids is 1. The first kappa shape index (κ1) is 17.1. The van der Waals surface area contributed by atoms with Crippen LogP contribution in [-0.4, -0.2) is 5.91 Å². The van der Waals surface area contributed by atoms with E-state index in [0.717, 1.165) is 27.5 Å². The normalized spacial score (nSPS) is 11.2. The predicted octanol–water partition coefficient (Wildman–Crippen LogP) is 4.01. The highest BCUT2D eigenvalue weighted by molar-refractivity contribution is 5.96. The minimum Gasteiger partial charge on any atom is -0.464 e. The summed E-state index contributed by atoms with van der Waals surface area (Å²) in [6.07, 6.45) is 1.66. The zero-order valence-electron chi connectivity index (χ0n) is 15.2. The average Bonchev–Trinajstić information content (AvgIpc) is 3.03. The van der Waals surface area contributed by atoms with E-state index in [1.165, 1.54) is 0 Å². The van der Waals surface area contributed by atoms with Crippen molar-refractivity contribution >= 4 is 27.8 Å². The predicted molar refractivity (Wildman–Crippen MR) is 104 cm³/mol. The number of carbonyl (C=O) groups is 1. The van der Waals surface area contributed by atoms with Gasteiger partial charge >= 0.3 is 5.63 Å². The molecule has 0 radical (unpaired) electrons. The first-order chi connectivity index (χ1) is 13.0. The van der Waals surface area contributed by atoms with Crippen molar-refractivity contribution in [2.45, 2.75) is 26.8 Å². The van der Waals surface area contributed by atoms with Crippen LogP contribution in [0.2, 0.25) is 0 Å². The quantitative estimate of drug-likeness (QED) is 0.557. The number of hydrogen-bond acceptors (Lipinski definition) is 4. The third-order valence-corrected chi connectivity index (χ3v) is 4.84. The fraction of sp³-hybridized carbons (Fsp3) is 0.182. The van der Waals surface area contributed by atoms with Crippen molar-refractivity contribution in [3.05, 3.63) is 81.4 Å². The highest BCUT2D eigenvalue weighted by Crippen LogP contribution is 2.28. The summed E-state index contributed by atoms with van der Waals surface area (Å²) in [7, 11) is 0. The topological polar surface area (TPSA) is 72.5 Å². The minimum absolute atomic E-state index is 0.0145. The van der Waals surface area contributed by atoms with E-state index < -0.39 is 5.63 Å². The lowest BCUT2D eigenvalue weighted by molar-refractivity contribution is -0.120. The van der Waals surface area contributed by atoms with Gasteiger partial charge in [0.25, 0.3) is 0 Å². The summed E-state index contributed by atoms with van der Waals surface area (Å²) in [6, 6.07) is 13.3. The summed E-state index contributed by atoms with van der Waals surface area (Å²) in [4.78, 5) is 24.8. The molecule has 4 aromatic rings. The summed E-state index contributed by atoms with van der Waals surface area (Å²) >= 11 is 0. The molecular formula is C22H19NO4. The van der Waals surface area contributed by atoms with Crippen LogP contribution in [-0.2, 0) is 17.8 Å². The number of amides is 1. The van der Waals surface area contributed by atoms with Crippen molar-refractivity contribution in [2.75, 3.05) is 0 Å². The van der Waals surface area contributed by atoms with Crippen LogP contribution in [0.15, 0.2) is 62.4 Å². The van der Waals surface area contributed by atoms with Gasteiger partial charge < -0.3 is 14.2 Å². The van der Waals surface area contributed by atoms with E-state index in [2.05, 4.69) is 5.32 Å². The molecule has 2 aromatic heterocycles. The van der Waals surface area contributed by atoms with E-state index in [1.54, 1.807) is 12.3 Å². The number of furan rings is 1. The van der Waals surface area contributed by atoms with E-state index in [1.807, 2.05) is 50.2 Å². The molecule has 1 N–H and O–H groups in total. The van der Waals surface area contributed by atoms with Crippen LogP contribution in [0.3, 0.4) is 0 Å². The lowest BCUT2D eigenvalue weighted by Gasteiger charge is -2.09. The van der Waals surface area contributed by atoms with Crippen molar-refractivity contribution in [3.8, 4) is 0 Å². The summed E-state index contributed by atoms with van der Waals surface area (Å²) in [5.41, 5.74) is 3.82. The Labute approximate surface area is 155 Å². The van der Waals surface area contributed by atoms with Gasteiger partial charge in [-0.2, -0.15) is 0 Å². The Hall–Kier alpha value is -3.34. The van der Waals surface area contributed by atoms with Crippen LogP contribution in [0, 0.1) is 13.8 Å². The van der Waals surface area contributed by atoms with Gasteiger partial charge in [0, 0.05) is 23.4 Å². The molecule has 0 saturated heterocycles. The zero-order valence-corrected chi connectivity index (χ0v) is 15.2. The molecule has 0 fully saturated rings. The van der Waals surface area contributed by atoms with Crippen molar-refractivity contribution in [2.24, 2.45) is 0 Å². The fourth-order valence-electron chi connectivity index (χ4n) is 3.26. The molecule has 1 amide bonds. The van der Waals surface area contributed by atoms with Gasteiger partial charge in [-0.3, -0.25) is 4.79 Å². The lowest BCUT2D eigenvalue weighted by Crippen LogP contribution is -2.27. The van der Waals surface area contributed by atoms with Gasteiger partial charge in [-0.05, 0) is 36.6 Å². The van der Waals surface area contributed by atoms with Gasteiger partial charge in [0.1, 0.15) is 11.2 Å². The number of nitrogens with one attached hydrogen (secondary N) is 1. The largest absolute Gasteiger partial charge is 0.464 e. The molecule has 0 aliphatic carbocycles. The van der Waals surface area contributed by atoms with Crippen LogP contribution in [0.4, 0.5) is 0 Å². The molecule has 0 bridgehead atoms. The van der Waals surface area contributed by atoms with Crippen LogP contribution in [0.5, 0.6) is 0 Å². The molecule has 136 valence electrons. The molecule has 2 heterocycles. The standard InChI is InChI=1S/C22H19NO4/c1-13-12-26-19-10-20-17(8-16(13)19)14(2)18(22(25)27-20)9-21(24)23-11-15-6-4-3-5-7-15/h3-8,10,12H,9,11H2,1-2H3,(H,23,24). The highest BCUT2D eigenvalue weighted by atomic mass is 16.4. The molecule has 0 spiro atoms. The van der Waals surface area contributed by atoms with E-state index in [4.69, 9.17) is 8.83 Å². The summed E-state index contributed by atoms with van der Waals surface area (Å²) in [6.45, 7) is 4.23. The molecule has 0 unspecified atom stereocenters. The Morgan fingerprint density at radius 3 is 2.59 bits per heavy atom. The Balaban J connectivity index is 1.64. The first-order valence-electron chi connectivity index (χ1n) is 8.77. The molecule has 0 atom stereocenters. The van der Waals surface area contributed by atoms with Crippen LogP contribution in [0.1, 0.15) is 22.3 Å². The second kappa shape index (κ2) is 6.76. The summed E-state index contributed by atoms with van der Waals surface area (Å²) < 4.78 is 10.9. The molecule has 27 heavy (non-hydrogen) atoms. The van der Waals surface area contributed by atoms with Gasteiger partial charge in [0.05, 0.1) is 18.2 Å². The van der Waals surface area contributed by atoms with Gasteiger partial charge in [0.15, 0.2) is 0 Å². The number of fused-ring (bicyclic) bond motifs is 2. The van der Waals surface area contributed by atoms with Crippen molar-refractivity contribution in [1.29, 1.82) is 0 Å². The lowest BCUT2D eigenvalue weighted by atomic mass is 10.0. The summed E-state index contributed by atoms with van der Waals surface area (Å²) in [5.74, 6) is -0.214. The smallest absolute Gasteiger partial charge is 0.340 e. The Kier molecular flexibility index (Phi) is 4.28. The molecular weight excluding hydrogens is 342 g/mol. The molecule has 5 nitrogen and oxygen atoms in total. The third kappa shape index (κ3) is 3.24. The van der Waals surface area contributed by atoms with E-state index in [9.17, 15) is 9.59 Å². The molecule has 4 rings (SSSR count). The third-order valence-electron chi connectivity index (χ3n) is 4.84. The van der Waals surface area contributed by atoms with E-state index in [-0.39, 0.29) is 12.3 Å². The second-order valence-electron chi connectivity index (χ2n) is 6.70. The van der Waals surface area contributed by atoms with Crippen LogP contribution >= 0.6 is 0 Å². The number of aryl methyl sites for hydroxylation is 2. The van der Waals surface area contributed by atoms with E-state index >= 15 is 0 Å². The number of hydrogen-bond donors (Lipinski definition) is 1. The molecule has 5 heteroatoms. The molecule has 0 aliphatic rings. The summed E-state index contributed by atoms with van der Waals surface area (Å²) in [5, 5.41) is 4.64. The number of benzene rings is 2. The van der Waals surface area contributed by atoms with Gasteiger partial charge in [-0.1, -0.05) is 30.3 Å². The SMILES string of the molecule is Cc1coc2cc3oc(=O)c(CC(=O)NCc4ccccc4)c(C)c3cc12. The molecule has 0 aliphatic heterocycles. The monoisotopic (exact) mass is 361 g/mol. The molecule has 0 saturated carbocycles. The highest BCUT2D eigenvalue weighted by Gasteiger charge is 2.16. The maximum atomic E-state index is 12.4. The zero-order chi connectivity index (χ0) is 19.0. The van der Waals surface area contributed by atoms with Crippen LogP contribution < -0.4 is 10.9 Å². The fourth-order valence-corrected chi connectivity index (χ4v) is 3.26. The van der Waals surface area contributed by atoms with Crippen molar-refractivity contribution in [3.63, 3.8) is 0 Å². The van der Waals surface area contributed by atoms with Gasteiger partial charge in [0.2, 0.25) is 5.91 Å². The Bertz CT molecular complexity index is 1200. The Morgan fingerprint density at radius 1 is 1.04 bits per heavy atom. The van der Waals surface area contributed by atoms with E-state index in [0.29, 0.717) is 23.3 Å². The maximum Gasteiger partial charge on any atom is 0.340 e. The van der Waals surface area contributed by atoms with Crippen LogP contribution in [0.25, 0.3) is 21.9 Å². The number of rotatable bonds is 4. The Morgan fingerprint density at radius 2 is 1.81 bits per heavy atom. The molecule has 2 aromatic carbocycles.